The van der Waals surface area contributed by atoms with Crippen LogP contribution in [0.15, 0.2) is 51.7 Å². The molecule has 0 radical (unpaired) electrons. The third-order valence-corrected chi connectivity index (χ3v) is 4.30. The highest BCUT2D eigenvalue weighted by Crippen LogP contribution is 2.25. The molecule has 0 unspecified atom stereocenters. The van der Waals surface area contributed by atoms with E-state index in [1.165, 1.54) is 12.7 Å². The van der Waals surface area contributed by atoms with Gasteiger partial charge in [-0.2, -0.15) is 0 Å². The molecule has 134 valence electrons. The van der Waals surface area contributed by atoms with Crippen molar-refractivity contribution in [2.24, 2.45) is 0 Å². The third kappa shape index (κ3) is 3.77. The number of ether oxygens (including phenoxy) is 2. The maximum Gasteiger partial charge on any atom is 0.340 e. The topological polar surface area (TPSA) is 65.7 Å². The SMILES string of the molecule is COC(=O)Cc1c(C)c2ccc(OCc3cccc(C)c3)cc2oc1=O. The van der Waals surface area contributed by atoms with Crippen molar-refractivity contribution in [1.82, 2.24) is 0 Å². The molecule has 0 aliphatic carbocycles. The predicted molar refractivity (Wildman–Crippen MR) is 98.5 cm³/mol. The summed E-state index contributed by atoms with van der Waals surface area (Å²) < 4.78 is 15.8. The van der Waals surface area contributed by atoms with E-state index in [2.05, 4.69) is 10.8 Å². The Morgan fingerprint density at radius 3 is 2.65 bits per heavy atom. The lowest BCUT2D eigenvalue weighted by molar-refractivity contribution is -0.139. The van der Waals surface area contributed by atoms with Crippen LogP contribution < -0.4 is 10.4 Å². The quantitative estimate of drug-likeness (QED) is 0.517. The number of carbonyl (C=O) groups is 1. The minimum atomic E-state index is -0.531. The molecule has 0 saturated heterocycles. The molecule has 5 heteroatoms. The molecule has 2 aromatic carbocycles. The Balaban J connectivity index is 1.88. The maximum atomic E-state index is 12.2. The zero-order valence-corrected chi connectivity index (χ0v) is 15.0. The van der Waals surface area contributed by atoms with Crippen LogP contribution in [0.2, 0.25) is 0 Å². The van der Waals surface area contributed by atoms with Crippen molar-refractivity contribution in [3.8, 4) is 5.75 Å². The third-order valence-electron chi connectivity index (χ3n) is 4.30. The summed E-state index contributed by atoms with van der Waals surface area (Å²) in [6.45, 7) is 4.25. The smallest absolute Gasteiger partial charge is 0.340 e. The van der Waals surface area contributed by atoms with Gasteiger partial charge in [-0.1, -0.05) is 29.8 Å². The number of benzene rings is 2. The molecule has 0 fully saturated rings. The molecule has 1 aromatic heterocycles. The van der Waals surface area contributed by atoms with Crippen LogP contribution in [0.25, 0.3) is 11.0 Å². The number of hydrogen-bond donors (Lipinski definition) is 0. The van der Waals surface area contributed by atoms with E-state index >= 15 is 0 Å². The lowest BCUT2D eigenvalue weighted by Crippen LogP contribution is -2.16. The van der Waals surface area contributed by atoms with Gasteiger partial charge in [0.25, 0.3) is 0 Å². The Kier molecular flexibility index (Phi) is 5.07. The standard InChI is InChI=1S/C21H20O5/c1-13-5-4-6-15(9-13)12-25-16-7-8-17-14(2)18(11-20(22)24-3)21(23)26-19(17)10-16/h4-10H,11-12H2,1-3H3. The van der Waals surface area contributed by atoms with E-state index in [9.17, 15) is 9.59 Å². The fraction of sp³-hybridized carbons (Fsp3) is 0.238. The second-order valence-corrected chi connectivity index (χ2v) is 6.18. The van der Waals surface area contributed by atoms with E-state index in [0.717, 1.165) is 10.9 Å². The Bertz CT molecular complexity index is 1020. The van der Waals surface area contributed by atoms with E-state index in [-0.39, 0.29) is 6.42 Å². The van der Waals surface area contributed by atoms with Crippen molar-refractivity contribution in [1.29, 1.82) is 0 Å². The highest BCUT2D eigenvalue weighted by atomic mass is 16.5. The summed E-state index contributed by atoms with van der Waals surface area (Å²) in [7, 11) is 1.29. The Morgan fingerprint density at radius 1 is 1.12 bits per heavy atom. The first kappa shape index (κ1) is 17.7. The molecule has 0 saturated carbocycles. The molecule has 0 spiro atoms. The minimum Gasteiger partial charge on any atom is -0.489 e. The molecule has 0 N–H and O–H groups in total. The normalized spacial score (nSPS) is 10.7. The summed E-state index contributed by atoms with van der Waals surface area (Å²) >= 11 is 0. The largest absolute Gasteiger partial charge is 0.489 e. The Labute approximate surface area is 151 Å². The fourth-order valence-electron chi connectivity index (χ4n) is 2.85. The Hall–Kier alpha value is -3.08. The van der Waals surface area contributed by atoms with Crippen molar-refractivity contribution < 1.29 is 18.7 Å². The number of aryl methyl sites for hydroxylation is 2. The number of methoxy groups -OCH3 is 1. The highest BCUT2D eigenvalue weighted by Gasteiger charge is 2.15. The van der Waals surface area contributed by atoms with Gasteiger partial charge in [0.05, 0.1) is 19.1 Å². The zero-order chi connectivity index (χ0) is 18.7. The zero-order valence-electron chi connectivity index (χ0n) is 15.0. The first-order valence-electron chi connectivity index (χ1n) is 8.29. The van der Waals surface area contributed by atoms with Gasteiger partial charge < -0.3 is 13.9 Å². The lowest BCUT2D eigenvalue weighted by Gasteiger charge is -2.10. The molecule has 0 atom stereocenters. The van der Waals surface area contributed by atoms with Gasteiger partial charge in [0.2, 0.25) is 0 Å². The van der Waals surface area contributed by atoms with Crippen LogP contribution in [0.4, 0.5) is 0 Å². The first-order valence-corrected chi connectivity index (χ1v) is 8.29. The molecule has 0 bridgehead atoms. The molecule has 3 rings (SSSR count). The van der Waals surface area contributed by atoms with Crippen LogP contribution in [-0.2, 0) is 22.6 Å². The highest BCUT2D eigenvalue weighted by molar-refractivity contribution is 5.84. The van der Waals surface area contributed by atoms with Gasteiger partial charge in [0.1, 0.15) is 17.9 Å². The van der Waals surface area contributed by atoms with Crippen molar-refractivity contribution in [2.75, 3.05) is 7.11 Å². The van der Waals surface area contributed by atoms with Crippen LogP contribution in [-0.4, -0.2) is 13.1 Å². The van der Waals surface area contributed by atoms with Crippen LogP contribution in [0.3, 0.4) is 0 Å². The van der Waals surface area contributed by atoms with Crippen LogP contribution in [0, 0.1) is 13.8 Å². The van der Waals surface area contributed by atoms with Crippen molar-refractivity contribution in [2.45, 2.75) is 26.9 Å². The van der Waals surface area contributed by atoms with E-state index in [1.54, 1.807) is 13.0 Å². The molecular weight excluding hydrogens is 332 g/mol. The van der Waals surface area contributed by atoms with E-state index < -0.39 is 11.6 Å². The van der Waals surface area contributed by atoms with Gasteiger partial charge in [0.15, 0.2) is 0 Å². The summed E-state index contributed by atoms with van der Waals surface area (Å²) in [5.74, 6) is 0.139. The first-order chi connectivity index (χ1) is 12.5. The van der Waals surface area contributed by atoms with Crippen molar-refractivity contribution in [3.05, 3.63) is 75.1 Å². The summed E-state index contributed by atoms with van der Waals surface area (Å²) in [6, 6.07) is 13.4. The molecule has 3 aromatic rings. The fourth-order valence-corrected chi connectivity index (χ4v) is 2.85. The van der Waals surface area contributed by atoms with E-state index in [4.69, 9.17) is 9.15 Å². The van der Waals surface area contributed by atoms with Gasteiger partial charge in [-0.25, -0.2) is 4.79 Å². The Morgan fingerprint density at radius 2 is 1.92 bits per heavy atom. The van der Waals surface area contributed by atoms with E-state index in [0.29, 0.717) is 29.1 Å². The summed E-state index contributed by atoms with van der Waals surface area (Å²) in [6.07, 6.45) is -0.105. The molecule has 1 heterocycles. The molecule has 0 aliphatic heterocycles. The molecule has 26 heavy (non-hydrogen) atoms. The summed E-state index contributed by atoms with van der Waals surface area (Å²) in [5.41, 5.74) is 3.17. The maximum absolute atomic E-state index is 12.2. The number of rotatable bonds is 5. The van der Waals surface area contributed by atoms with E-state index in [1.807, 2.05) is 37.3 Å². The average Bonchev–Trinajstić information content (AvgIpc) is 2.63. The van der Waals surface area contributed by atoms with Crippen LogP contribution >= 0.6 is 0 Å². The van der Waals surface area contributed by atoms with Gasteiger partial charge in [-0.15, -0.1) is 0 Å². The number of fused-ring (bicyclic) bond motifs is 1. The minimum absolute atomic E-state index is 0.105. The lowest BCUT2D eigenvalue weighted by atomic mass is 10.0. The summed E-state index contributed by atoms with van der Waals surface area (Å²) in [4.78, 5) is 23.7. The monoisotopic (exact) mass is 352 g/mol. The van der Waals surface area contributed by atoms with Crippen LogP contribution in [0.5, 0.6) is 5.75 Å². The summed E-state index contributed by atoms with van der Waals surface area (Å²) in [5, 5.41) is 0.770. The predicted octanol–water partition coefficient (Wildman–Crippen LogP) is 3.70. The number of esters is 1. The molecule has 0 aliphatic rings. The number of hydrogen-bond acceptors (Lipinski definition) is 5. The second kappa shape index (κ2) is 7.44. The number of carbonyl (C=O) groups excluding carboxylic acids is 1. The second-order valence-electron chi connectivity index (χ2n) is 6.18. The van der Waals surface area contributed by atoms with Gasteiger partial charge in [-0.3, -0.25) is 4.79 Å². The molecule has 5 nitrogen and oxygen atoms in total. The molecule has 0 amide bonds. The van der Waals surface area contributed by atoms with Crippen molar-refractivity contribution in [3.63, 3.8) is 0 Å². The van der Waals surface area contributed by atoms with Gasteiger partial charge in [-0.05, 0) is 37.1 Å². The molecular formula is C21H20O5. The van der Waals surface area contributed by atoms with Gasteiger partial charge >= 0.3 is 11.6 Å². The average molecular weight is 352 g/mol. The van der Waals surface area contributed by atoms with Crippen molar-refractivity contribution >= 4 is 16.9 Å². The van der Waals surface area contributed by atoms with Crippen LogP contribution in [0.1, 0.15) is 22.3 Å². The van der Waals surface area contributed by atoms with Gasteiger partial charge in [0, 0.05) is 11.5 Å².